The molecule has 2 aliphatic rings. The van der Waals surface area contributed by atoms with Gasteiger partial charge in [-0.1, -0.05) is 81.7 Å². The van der Waals surface area contributed by atoms with Gasteiger partial charge in [-0.05, 0) is 81.1 Å². The maximum atomic E-state index is 14.7. The number of alkyl carbamates (subject to hydrolysis) is 1. The van der Waals surface area contributed by atoms with Gasteiger partial charge in [0, 0.05) is 25.2 Å². The SMILES string of the molecule is CC(C)Nc1nc(Cl)nc(NNC(=O)[C@@H](CNC(=O)O)CC2CCCC2)c1F.CC(C)Nc1nc(Cl)nc(NNC(=O)[C@@H](CNC(=O)OCc2ccccc2)CC2CCCC2)c1F. The predicted molar refractivity (Wildman–Crippen MR) is 236 cm³/mol. The van der Waals surface area contributed by atoms with E-state index >= 15 is 0 Å². The third kappa shape index (κ3) is 17.7. The molecule has 3 aromatic rings. The summed E-state index contributed by atoms with van der Waals surface area (Å²) >= 11 is 11.7. The minimum atomic E-state index is -1.20. The van der Waals surface area contributed by atoms with Crippen LogP contribution in [0.3, 0.4) is 0 Å². The third-order valence-corrected chi connectivity index (χ3v) is 10.6. The molecule has 4 amide bonds. The minimum Gasteiger partial charge on any atom is -0.465 e. The van der Waals surface area contributed by atoms with E-state index in [0.717, 1.165) is 56.9 Å². The van der Waals surface area contributed by atoms with Crippen LogP contribution in [0, 0.1) is 35.3 Å². The van der Waals surface area contributed by atoms with Gasteiger partial charge in [-0.2, -0.15) is 28.7 Å². The molecule has 22 heteroatoms. The number of amides is 4. The van der Waals surface area contributed by atoms with Crippen LogP contribution < -0.4 is 43.0 Å². The van der Waals surface area contributed by atoms with Gasteiger partial charge in [0.15, 0.2) is 23.3 Å². The Labute approximate surface area is 375 Å². The maximum absolute atomic E-state index is 14.7. The topological polar surface area (TPSA) is 246 Å². The van der Waals surface area contributed by atoms with Crippen molar-refractivity contribution < 1.29 is 37.8 Å². The highest BCUT2D eigenvalue weighted by Gasteiger charge is 2.28. The second kappa shape index (κ2) is 25.6. The number of nitrogens with one attached hydrogen (secondary N) is 8. The minimum absolute atomic E-state index is 0.0213. The lowest BCUT2D eigenvalue weighted by atomic mass is 9.92. The van der Waals surface area contributed by atoms with Crippen molar-refractivity contribution in [3.05, 3.63) is 58.1 Å². The van der Waals surface area contributed by atoms with Gasteiger partial charge in [-0.15, -0.1) is 0 Å². The molecule has 18 nitrogen and oxygen atoms in total. The van der Waals surface area contributed by atoms with Gasteiger partial charge < -0.3 is 31.1 Å². The Hall–Kier alpha value is -5.50. The molecule has 9 N–H and O–H groups in total. The number of hydrogen-bond acceptors (Lipinski definition) is 13. The van der Waals surface area contributed by atoms with Gasteiger partial charge in [0.1, 0.15) is 6.61 Å². The molecule has 0 spiro atoms. The third-order valence-electron chi connectivity index (χ3n) is 10.2. The molecule has 2 aliphatic carbocycles. The first-order valence-corrected chi connectivity index (χ1v) is 21.9. The van der Waals surface area contributed by atoms with Crippen LogP contribution in [-0.4, -0.2) is 74.2 Å². The molecule has 0 saturated heterocycles. The summed E-state index contributed by atoms with van der Waals surface area (Å²) in [5.74, 6) is -3.43. The van der Waals surface area contributed by atoms with Crippen molar-refractivity contribution in [1.29, 1.82) is 0 Å². The first kappa shape index (κ1) is 50.1. The van der Waals surface area contributed by atoms with Crippen LogP contribution in [0.4, 0.5) is 41.6 Å². The number of carboxylic acid groups (broad SMARTS) is 1. The van der Waals surface area contributed by atoms with Crippen LogP contribution in [0.1, 0.15) is 97.5 Å². The fourth-order valence-corrected chi connectivity index (χ4v) is 7.58. The summed E-state index contributed by atoms with van der Waals surface area (Å²) in [6.45, 7) is 7.48. The molecular weight excluding hydrogens is 865 g/mol. The Morgan fingerprint density at radius 1 is 0.683 bits per heavy atom. The summed E-state index contributed by atoms with van der Waals surface area (Å²) in [7, 11) is 0. The fourth-order valence-electron chi connectivity index (χ4n) is 7.24. The van der Waals surface area contributed by atoms with Crippen molar-refractivity contribution >= 4 is 70.5 Å². The number of carbonyl (C=O) groups excluding carboxylic acids is 3. The van der Waals surface area contributed by atoms with Crippen molar-refractivity contribution in [2.75, 3.05) is 34.6 Å². The van der Waals surface area contributed by atoms with Gasteiger partial charge in [0.25, 0.3) is 0 Å². The van der Waals surface area contributed by atoms with Crippen LogP contribution >= 0.6 is 23.2 Å². The standard InChI is InChI=1S/C24H32ClFN6O3.C17H26ClFN6O3/c1-15(2)28-20-19(26)21(30-23(25)29-20)31-32-22(33)18(12-16-8-6-7-9-16)13-27-24(34)35-14-17-10-4-3-5-11-17;1-9(2)21-13-12(19)14(23-16(18)22-13)24-25-15(26)11(8-20-17(27)28)7-10-5-3-4-6-10/h3-5,10-11,15-16,18H,6-9,12-14H2,1-2H3,(H,27,34)(H,32,33)(H2,28,29,30,31);9-11,20H,3-8H2,1-2H3,(H,25,26)(H,27,28)(H2,21,22,23,24)/t18-;11-/m11/s1. The summed E-state index contributed by atoms with van der Waals surface area (Å²) in [5.41, 5.74) is 10.7. The van der Waals surface area contributed by atoms with Crippen LogP contribution in [0.5, 0.6) is 0 Å². The van der Waals surface area contributed by atoms with E-state index in [-0.39, 0.29) is 65.6 Å². The molecule has 2 fully saturated rings. The van der Waals surface area contributed by atoms with Crippen molar-refractivity contribution in [1.82, 2.24) is 41.4 Å². The van der Waals surface area contributed by atoms with E-state index < -0.39 is 47.5 Å². The summed E-state index contributed by atoms with van der Waals surface area (Å²) in [5, 5.41) is 19.1. The van der Waals surface area contributed by atoms with Gasteiger partial charge in [0.05, 0.1) is 11.8 Å². The van der Waals surface area contributed by atoms with E-state index in [1.807, 2.05) is 58.0 Å². The average molecular weight is 924 g/mol. The second-order valence-electron chi connectivity index (χ2n) is 16.1. The zero-order valence-electron chi connectivity index (χ0n) is 35.8. The summed E-state index contributed by atoms with van der Waals surface area (Å²) in [4.78, 5) is 63.8. The molecule has 0 radical (unpaired) electrons. The number of ether oxygens (including phenoxy) is 1. The summed E-state index contributed by atoms with van der Waals surface area (Å²) < 4.78 is 34.5. The lowest BCUT2D eigenvalue weighted by Gasteiger charge is -2.21. The molecule has 0 aliphatic heterocycles. The monoisotopic (exact) mass is 922 g/mol. The summed E-state index contributed by atoms with van der Waals surface area (Å²) in [6, 6.07) is 9.16. The van der Waals surface area contributed by atoms with Crippen molar-refractivity contribution in [3.8, 4) is 0 Å². The molecule has 2 atom stereocenters. The number of benzene rings is 1. The lowest BCUT2D eigenvalue weighted by molar-refractivity contribution is -0.125. The zero-order chi connectivity index (χ0) is 45.9. The normalized spacial score (nSPS) is 14.8. The number of hydrogen-bond donors (Lipinski definition) is 9. The molecule has 2 aromatic heterocycles. The van der Waals surface area contributed by atoms with E-state index in [4.69, 9.17) is 33.0 Å². The molecule has 0 unspecified atom stereocenters. The highest BCUT2D eigenvalue weighted by atomic mass is 35.5. The van der Waals surface area contributed by atoms with E-state index in [1.165, 1.54) is 0 Å². The quantitative estimate of drug-likeness (QED) is 0.0391. The van der Waals surface area contributed by atoms with Gasteiger partial charge in [-0.3, -0.25) is 31.3 Å². The van der Waals surface area contributed by atoms with Crippen LogP contribution in [-0.2, 0) is 20.9 Å². The fraction of sp³-hybridized carbons (Fsp3) is 0.561. The number of rotatable bonds is 20. The number of carbonyl (C=O) groups is 4. The van der Waals surface area contributed by atoms with E-state index in [0.29, 0.717) is 24.7 Å². The first-order valence-electron chi connectivity index (χ1n) is 21.1. The lowest BCUT2D eigenvalue weighted by Crippen LogP contribution is -2.42. The Morgan fingerprint density at radius 2 is 1.10 bits per heavy atom. The maximum Gasteiger partial charge on any atom is 0.407 e. The highest BCUT2D eigenvalue weighted by Crippen LogP contribution is 2.32. The first-order chi connectivity index (χ1) is 30.1. The van der Waals surface area contributed by atoms with Crippen LogP contribution in [0.2, 0.25) is 10.6 Å². The molecule has 2 saturated carbocycles. The molecule has 63 heavy (non-hydrogen) atoms. The van der Waals surface area contributed by atoms with Gasteiger partial charge in [-0.25, -0.2) is 9.59 Å². The molecule has 5 rings (SSSR count). The number of nitrogens with zero attached hydrogens (tertiary/aromatic N) is 4. The smallest absolute Gasteiger partial charge is 0.407 e. The Bertz CT molecular complexity index is 1960. The Morgan fingerprint density at radius 3 is 1.51 bits per heavy atom. The summed E-state index contributed by atoms with van der Waals surface area (Å²) in [6.07, 6.45) is 7.93. The average Bonchev–Trinajstić information content (AvgIpc) is 3.96. The van der Waals surface area contributed by atoms with E-state index in [9.17, 15) is 28.0 Å². The predicted octanol–water partition coefficient (Wildman–Crippen LogP) is 7.65. The van der Waals surface area contributed by atoms with E-state index in [2.05, 4.69) is 62.9 Å². The number of halogens is 4. The Balaban J connectivity index is 0.000000284. The van der Waals surface area contributed by atoms with Gasteiger partial charge in [0.2, 0.25) is 34.0 Å². The Kier molecular flexibility index (Phi) is 20.4. The van der Waals surface area contributed by atoms with Gasteiger partial charge >= 0.3 is 12.2 Å². The number of hydrazine groups is 2. The zero-order valence-corrected chi connectivity index (χ0v) is 37.3. The van der Waals surface area contributed by atoms with Crippen LogP contribution in [0.15, 0.2) is 30.3 Å². The molecule has 0 bridgehead atoms. The van der Waals surface area contributed by atoms with Crippen molar-refractivity contribution in [3.63, 3.8) is 0 Å². The largest absolute Gasteiger partial charge is 0.465 e. The molecule has 346 valence electrons. The second-order valence-corrected chi connectivity index (χ2v) is 16.8. The number of aromatic nitrogens is 4. The number of anilines is 4. The van der Waals surface area contributed by atoms with Crippen LogP contribution in [0.25, 0.3) is 0 Å². The van der Waals surface area contributed by atoms with Crippen molar-refractivity contribution in [2.24, 2.45) is 23.7 Å². The highest BCUT2D eigenvalue weighted by molar-refractivity contribution is 6.28. The van der Waals surface area contributed by atoms with E-state index in [1.54, 1.807) is 0 Å². The van der Waals surface area contributed by atoms with Crippen molar-refractivity contribution in [2.45, 2.75) is 111 Å². The molecular formula is C41H58Cl2F2N12O6. The molecule has 2 heterocycles. The molecule has 1 aromatic carbocycles.